The van der Waals surface area contributed by atoms with E-state index in [1.54, 1.807) is 11.9 Å². The summed E-state index contributed by atoms with van der Waals surface area (Å²) in [6, 6.07) is 0.0356. The van der Waals surface area contributed by atoms with Crippen molar-refractivity contribution >= 4 is 28.7 Å². The fraction of sp³-hybridized carbons (Fsp3) is 0.900. The van der Waals surface area contributed by atoms with Crippen LogP contribution in [0.25, 0.3) is 0 Å². The maximum Gasteiger partial charge on any atom is 0.410 e. The first-order valence-corrected chi connectivity index (χ1v) is 6.65. The zero-order valence-corrected chi connectivity index (χ0v) is 11.7. The van der Waals surface area contributed by atoms with Gasteiger partial charge in [-0.05, 0) is 13.8 Å². The van der Waals surface area contributed by atoms with Crippen LogP contribution in [0, 0.1) is 0 Å². The smallest absolute Gasteiger partial charge is 0.410 e. The van der Waals surface area contributed by atoms with Crippen LogP contribution in [0.15, 0.2) is 0 Å². The first kappa shape index (κ1) is 12.4. The highest BCUT2D eigenvalue weighted by Gasteiger charge is 2.53. The molecule has 2 fully saturated rings. The lowest BCUT2D eigenvalue weighted by atomic mass is 9.99. The molecule has 0 aliphatic carbocycles. The quantitative estimate of drug-likeness (QED) is 0.563. The van der Waals surface area contributed by atoms with Crippen molar-refractivity contribution < 1.29 is 19.0 Å². The van der Waals surface area contributed by atoms with Crippen LogP contribution in [0.4, 0.5) is 4.79 Å². The third-order valence-corrected chi connectivity index (χ3v) is 4.36. The molecule has 0 N–H and O–H groups in total. The van der Waals surface area contributed by atoms with Gasteiger partial charge < -0.3 is 19.1 Å². The summed E-state index contributed by atoms with van der Waals surface area (Å²) in [4.78, 5) is 13.1. The molecule has 2 rings (SSSR count). The summed E-state index contributed by atoms with van der Waals surface area (Å²) in [5, 5.41) is 0. The SMILES string of the molecule is CCO[C@H]1O[C@H](C)[C@H]2OC(=O)N(C)[C@H]2[C@@H]1I. The lowest BCUT2D eigenvalue weighted by molar-refractivity contribution is -0.210. The summed E-state index contributed by atoms with van der Waals surface area (Å²) in [6.07, 6.45) is -0.847. The van der Waals surface area contributed by atoms with Gasteiger partial charge in [-0.1, -0.05) is 22.6 Å². The van der Waals surface area contributed by atoms with Crippen LogP contribution in [-0.4, -0.2) is 53.1 Å². The van der Waals surface area contributed by atoms with Crippen molar-refractivity contribution in [3.05, 3.63) is 0 Å². The van der Waals surface area contributed by atoms with Gasteiger partial charge in [0, 0.05) is 13.7 Å². The van der Waals surface area contributed by atoms with Gasteiger partial charge in [0.15, 0.2) is 12.4 Å². The molecule has 6 heteroatoms. The number of hydrogen-bond donors (Lipinski definition) is 0. The minimum atomic E-state index is -0.274. The molecule has 1 amide bonds. The third kappa shape index (κ3) is 1.91. The molecule has 2 saturated heterocycles. The number of carbonyl (C=O) groups excluding carboxylic acids is 1. The number of rotatable bonds is 2. The largest absolute Gasteiger partial charge is 0.441 e. The third-order valence-electron chi connectivity index (χ3n) is 3.04. The molecule has 0 radical (unpaired) electrons. The molecule has 0 aromatic rings. The van der Waals surface area contributed by atoms with E-state index in [2.05, 4.69) is 22.6 Å². The summed E-state index contributed by atoms with van der Waals surface area (Å²) in [6.45, 7) is 4.45. The Labute approximate surface area is 109 Å². The Balaban J connectivity index is 2.17. The van der Waals surface area contributed by atoms with E-state index in [0.29, 0.717) is 6.61 Å². The lowest BCUT2D eigenvalue weighted by Crippen LogP contribution is -2.56. The van der Waals surface area contributed by atoms with E-state index >= 15 is 0 Å². The first-order chi connectivity index (χ1) is 7.56. The van der Waals surface area contributed by atoms with Crippen LogP contribution >= 0.6 is 22.6 Å². The molecule has 0 aromatic carbocycles. The molecule has 2 aliphatic rings. The molecular formula is C10H16INO4. The predicted octanol–water partition coefficient (Wildman–Crippen LogP) is 1.39. The van der Waals surface area contributed by atoms with Gasteiger partial charge in [-0.2, -0.15) is 0 Å². The van der Waals surface area contributed by atoms with Crippen molar-refractivity contribution in [2.24, 2.45) is 0 Å². The predicted molar refractivity (Wildman–Crippen MR) is 65.6 cm³/mol. The Hall–Kier alpha value is -0.0800. The molecule has 0 aromatic heterocycles. The number of likely N-dealkylation sites (N-methyl/N-ethyl adjacent to an activating group) is 1. The molecule has 2 aliphatic heterocycles. The van der Waals surface area contributed by atoms with E-state index < -0.39 is 0 Å². The summed E-state index contributed by atoms with van der Waals surface area (Å²) in [7, 11) is 1.76. The topological polar surface area (TPSA) is 48.0 Å². The van der Waals surface area contributed by atoms with E-state index in [9.17, 15) is 4.79 Å². The molecule has 2 heterocycles. The van der Waals surface area contributed by atoms with Crippen molar-refractivity contribution in [1.29, 1.82) is 0 Å². The fourth-order valence-corrected chi connectivity index (χ4v) is 3.47. The van der Waals surface area contributed by atoms with E-state index in [4.69, 9.17) is 14.2 Å². The minimum Gasteiger partial charge on any atom is -0.441 e. The van der Waals surface area contributed by atoms with Crippen molar-refractivity contribution in [3.8, 4) is 0 Å². The molecule has 0 saturated carbocycles. The van der Waals surface area contributed by atoms with Gasteiger partial charge in [0.1, 0.15) is 0 Å². The first-order valence-electron chi connectivity index (χ1n) is 5.40. The van der Waals surface area contributed by atoms with Crippen LogP contribution in [-0.2, 0) is 14.2 Å². The van der Waals surface area contributed by atoms with Crippen LogP contribution in [0.1, 0.15) is 13.8 Å². The van der Waals surface area contributed by atoms with Gasteiger partial charge in [0.05, 0.1) is 16.1 Å². The summed E-state index contributed by atoms with van der Waals surface area (Å²) < 4.78 is 16.6. The molecular weight excluding hydrogens is 325 g/mol. The Kier molecular flexibility index (Phi) is 3.60. The van der Waals surface area contributed by atoms with Crippen molar-refractivity contribution in [2.75, 3.05) is 13.7 Å². The summed E-state index contributed by atoms with van der Waals surface area (Å²) in [5.74, 6) is 0. The summed E-state index contributed by atoms with van der Waals surface area (Å²) >= 11 is 2.27. The normalized spacial score (nSPS) is 43.1. The van der Waals surface area contributed by atoms with Gasteiger partial charge >= 0.3 is 6.09 Å². The van der Waals surface area contributed by atoms with Crippen LogP contribution in [0.2, 0.25) is 0 Å². The fourth-order valence-electron chi connectivity index (χ4n) is 2.20. The van der Waals surface area contributed by atoms with Crippen LogP contribution < -0.4 is 0 Å². The second-order valence-electron chi connectivity index (χ2n) is 4.06. The monoisotopic (exact) mass is 341 g/mol. The molecule has 92 valence electrons. The van der Waals surface area contributed by atoms with Gasteiger partial charge in [-0.15, -0.1) is 0 Å². The Bertz CT molecular complexity index is 288. The van der Waals surface area contributed by atoms with Crippen molar-refractivity contribution in [3.63, 3.8) is 0 Å². The number of fused-ring (bicyclic) bond motifs is 1. The maximum atomic E-state index is 11.5. The highest BCUT2D eigenvalue weighted by molar-refractivity contribution is 14.1. The number of amides is 1. The second-order valence-corrected chi connectivity index (χ2v) is 5.50. The Morgan fingerprint density at radius 3 is 2.88 bits per heavy atom. The molecule has 0 spiro atoms. The molecule has 16 heavy (non-hydrogen) atoms. The van der Waals surface area contributed by atoms with Gasteiger partial charge in [0.25, 0.3) is 0 Å². The zero-order valence-electron chi connectivity index (χ0n) is 9.55. The van der Waals surface area contributed by atoms with Crippen LogP contribution in [0.3, 0.4) is 0 Å². The lowest BCUT2D eigenvalue weighted by Gasteiger charge is -2.40. The van der Waals surface area contributed by atoms with E-state index in [-0.39, 0.29) is 34.6 Å². The second kappa shape index (κ2) is 4.66. The van der Waals surface area contributed by atoms with Gasteiger partial charge in [-0.25, -0.2) is 4.79 Å². The van der Waals surface area contributed by atoms with Crippen LogP contribution in [0.5, 0.6) is 0 Å². The number of alkyl halides is 1. The average molecular weight is 341 g/mol. The molecule has 5 atom stereocenters. The minimum absolute atomic E-state index is 0.0356. The summed E-state index contributed by atoms with van der Waals surface area (Å²) in [5.41, 5.74) is 0. The number of halogens is 1. The van der Waals surface area contributed by atoms with E-state index in [0.717, 1.165) is 0 Å². The number of carbonyl (C=O) groups is 1. The number of ether oxygens (including phenoxy) is 3. The molecule has 5 nitrogen and oxygen atoms in total. The highest BCUT2D eigenvalue weighted by Crippen LogP contribution is 2.36. The van der Waals surface area contributed by atoms with Crippen molar-refractivity contribution in [2.45, 2.75) is 42.3 Å². The number of hydrogen-bond acceptors (Lipinski definition) is 4. The molecule has 0 bridgehead atoms. The zero-order chi connectivity index (χ0) is 11.9. The van der Waals surface area contributed by atoms with E-state index in [1.807, 2.05) is 13.8 Å². The average Bonchev–Trinajstić information content (AvgIpc) is 2.53. The Morgan fingerprint density at radius 2 is 2.25 bits per heavy atom. The number of nitrogens with zero attached hydrogens (tertiary/aromatic N) is 1. The van der Waals surface area contributed by atoms with Gasteiger partial charge in [-0.3, -0.25) is 0 Å². The standard InChI is InChI=1S/C10H16INO4/c1-4-14-9-6(11)7-8(5(2)15-9)16-10(13)12(7)3/h5-9H,4H2,1-3H3/t5-,6+,7+,8-,9+/m1/s1. The molecule has 0 unspecified atom stereocenters. The van der Waals surface area contributed by atoms with Crippen molar-refractivity contribution in [1.82, 2.24) is 4.90 Å². The highest BCUT2D eigenvalue weighted by atomic mass is 127. The Morgan fingerprint density at radius 1 is 1.56 bits per heavy atom. The van der Waals surface area contributed by atoms with Gasteiger partial charge in [0.2, 0.25) is 0 Å². The maximum absolute atomic E-state index is 11.5. The van der Waals surface area contributed by atoms with E-state index in [1.165, 1.54) is 0 Å².